The molecule has 8 heteroatoms. The molecule has 2 amide bonds. The number of nitrogens with one attached hydrogen (secondary N) is 1. The predicted molar refractivity (Wildman–Crippen MR) is 113 cm³/mol. The monoisotopic (exact) mass is 418 g/mol. The van der Waals surface area contributed by atoms with E-state index in [0.717, 1.165) is 11.1 Å². The number of aliphatic carboxylic acids is 1. The number of nitrogens with zero attached hydrogens (tertiary/aromatic N) is 1. The van der Waals surface area contributed by atoms with Crippen LogP contribution in [0.3, 0.4) is 0 Å². The molecule has 0 aromatic heterocycles. The van der Waals surface area contributed by atoms with Gasteiger partial charge in [-0.15, -0.1) is 0 Å². The smallest absolute Gasteiger partial charge is 0.341 e. The maximum atomic E-state index is 12.8. The minimum absolute atomic E-state index is 0.0422. The molecule has 0 saturated heterocycles. The highest BCUT2D eigenvalue weighted by molar-refractivity contribution is 6.05. The van der Waals surface area contributed by atoms with Crippen LogP contribution in [0.1, 0.15) is 60.7 Å². The Hall–Kier alpha value is -3.03. The van der Waals surface area contributed by atoms with Crippen LogP contribution in [0.2, 0.25) is 0 Å². The van der Waals surface area contributed by atoms with E-state index in [0.29, 0.717) is 54.1 Å². The van der Waals surface area contributed by atoms with Gasteiger partial charge in [-0.3, -0.25) is 4.79 Å². The number of cyclic esters (lactones) is 1. The van der Waals surface area contributed by atoms with Crippen LogP contribution in [-0.4, -0.2) is 48.2 Å². The van der Waals surface area contributed by atoms with Gasteiger partial charge in [0.25, 0.3) is 0 Å². The van der Waals surface area contributed by atoms with E-state index >= 15 is 0 Å². The normalized spacial score (nSPS) is 13.0. The number of carboxylic acids is 1. The third-order valence-corrected chi connectivity index (χ3v) is 5.35. The minimum Gasteiger partial charge on any atom is -0.496 e. The molecule has 1 aromatic rings. The third-order valence-electron chi connectivity index (χ3n) is 5.35. The zero-order valence-corrected chi connectivity index (χ0v) is 18.3. The maximum Gasteiger partial charge on any atom is 0.341 e. The average Bonchev–Trinajstić information content (AvgIpc) is 3.10. The Balaban J connectivity index is 2.55. The Bertz CT molecular complexity index is 871. The lowest BCUT2D eigenvalue weighted by atomic mass is 9.93. The number of benzene rings is 1. The molecule has 0 spiro atoms. The highest BCUT2D eigenvalue weighted by Gasteiger charge is 2.33. The summed E-state index contributed by atoms with van der Waals surface area (Å²) in [5, 5.41) is 11.8. The molecule has 1 aliphatic heterocycles. The van der Waals surface area contributed by atoms with E-state index in [4.69, 9.17) is 14.6 Å². The van der Waals surface area contributed by atoms with Crippen molar-refractivity contribution in [1.29, 1.82) is 0 Å². The first-order valence-corrected chi connectivity index (χ1v) is 10.1. The summed E-state index contributed by atoms with van der Waals surface area (Å²) >= 11 is 0. The molecule has 1 aromatic carbocycles. The number of hydrogen-bond donors (Lipinski definition) is 2. The lowest BCUT2D eigenvalue weighted by Gasteiger charge is -2.23. The van der Waals surface area contributed by atoms with Gasteiger partial charge in [0.15, 0.2) is 0 Å². The van der Waals surface area contributed by atoms with E-state index in [1.165, 1.54) is 0 Å². The summed E-state index contributed by atoms with van der Waals surface area (Å²) in [7, 11) is 1.55. The first-order valence-electron chi connectivity index (χ1n) is 10.1. The number of fused-ring (bicyclic) bond motifs is 1. The van der Waals surface area contributed by atoms with Gasteiger partial charge in [-0.2, -0.15) is 0 Å². The van der Waals surface area contributed by atoms with Gasteiger partial charge in [0.05, 0.1) is 18.4 Å². The molecular formula is C22H30N2O6. The number of methoxy groups -OCH3 is 1. The number of anilines is 1. The number of esters is 1. The largest absolute Gasteiger partial charge is 0.496 e. The van der Waals surface area contributed by atoms with Crippen LogP contribution in [-0.2, 0) is 22.6 Å². The molecule has 0 aliphatic carbocycles. The Kier molecular flexibility index (Phi) is 7.86. The summed E-state index contributed by atoms with van der Waals surface area (Å²) in [6, 6.07) is -0.305. The van der Waals surface area contributed by atoms with E-state index in [1.807, 2.05) is 33.8 Å². The molecule has 1 heterocycles. The second-order valence-electron chi connectivity index (χ2n) is 7.19. The van der Waals surface area contributed by atoms with Gasteiger partial charge in [-0.25, -0.2) is 9.59 Å². The number of ether oxygens (including phenoxy) is 2. The van der Waals surface area contributed by atoms with E-state index in [9.17, 15) is 14.4 Å². The lowest BCUT2D eigenvalue weighted by Crippen LogP contribution is -2.35. The van der Waals surface area contributed by atoms with Crippen molar-refractivity contribution in [2.75, 3.05) is 25.5 Å². The van der Waals surface area contributed by atoms with Crippen molar-refractivity contribution in [3.63, 3.8) is 0 Å². The van der Waals surface area contributed by atoms with Gasteiger partial charge < -0.3 is 24.8 Å². The Morgan fingerprint density at radius 2 is 1.93 bits per heavy atom. The highest BCUT2D eigenvalue weighted by atomic mass is 16.5. The molecule has 164 valence electrons. The van der Waals surface area contributed by atoms with Crippen molar-refractivity contribution in [2.24, 2.45) is 0 Å². The van der Waals surface area contributed by atoms with Gasteiger partial charge in [0.2, 0.25) is 0 Å². The van der Waals surface area contributed by atoms with E-state index in [2.05, 4.69) is 5.32 Å². The van der Waals surface area contributed by atoms with Crippen molar-refractivity contribution in [3.8, 4) is 5.75 Å². The summed E-state index contributed by atoms with van der Waals surface area (Å²) in [5.74, 6) is -0.744. The molecule has 0 bridgehead atoms. The maximum absolute atomic E-state index is 12.8. The van der Waals surface area contributed by atoms with Gasteiger partial charge in [0, 0.05) is 30.6 Å². The van der Waals surface area contributed by atoms with Crippen LogP contribution >= 0.6 is 0 Å². The number of carbonyl (C=O) groups is 3. The van der Waals surface area contributed by atoms with Gasteiger partial charge in [-0.05, 0) is 46.1 Å². The molecule has 8 nitrogen and oxygen atoms in total. The van der Waals surface area contributed by atoms with E-state index in [1.54, 1.807) is 12.0 Å². The molecule has 0 radical (unpaired) electrons. The number of allylic oxidation sites excluding steroid dienone is 2. The molecule has 0 unspecified atom stereocenters. The molecular weight excluding hydrogens is 388 g/mol. The van der Waals surface area contributed by atoms with Gasteiger partial charge in [0.1, 0.15) is 12.4 Å². The third kappa shape index (κ3) is 4.93. The fraction of sp³-hybridized carbons (Fsp3) is 0.500. The van der Waals surface area contributed by atoms with Crippen molar-refractivity contribution >= 4 is 23.7 Å². The average molecular weight is 418 g/mol. The standard InChI is InChI=1S/C22H30N2O6/c1-6-24(7-2)22(28)23-19-15(10-8-13(3)9-11-17(25)26)20(29-5)14(4)16-12-30-21(27)18(16)19/h8H,6-7,9-12H2,1-5H3,(H,23,28)(H,25,26). The van der Waals surface area contributed by atoms with Crippen molar-refractivity contribution in [2.45, 2.75) is 53.6 Å². The summed E-state index contributed by atoms with van der Waals surface area (Å²) in [6.07, 6.45) is 2.75. The molecule has 0 fully saturated rings. The van der Waals surface area contributed by atoms with Crippen LogP contribution in [0.15, 0.2) is 11.6 Å². The second kappa shape index (κ2) is 10.1. The molecule has 0 saturated carbocycles. The Morgan fingerprint density at radius 3 is 2.50 bits per heavy atom. The van der Waals surface area contributed by atoms with Gasteiger partial charge in [-0.1, -0.05) is 11.6 Å². The number of amides is 2. The van der Waals surface area contributed by atoms with E-state index in [-0.39, 0.29) is 19.1 Å². The van der Waals surface area contributed by atoms with E-state index < -0.39 is 11.9 Å². The van der Waals surface area contributed by atoms with Crippen LogP contribution < -0.4 is 10.1 Å². The van der Waals surface area contributed by atoms with Crippen molar-refractivity contribution < 1.29 is 29.0 Å². The SMILES string of the molecule is CCN(CC)C(=O)Nc1c(CC=C(C)CCC(=O)O)c(OC)c(C)c2c1C(=O)OC2. The summed E-state index contributed by atoms with van der Waals surface area (Å²) in [4.78, 5) is 37.7. The first kappa shape index (κ1) is 23.3. The first-order chi connectivity index (χ1) is 14.2. The van der Waals surface area contributed by atoms with Gasteiger partial charge >= 0.3 is 18.0 Å². The fourth-order valence-corrected chi connectivity index (χ4v) is 3.57. The van der Waals surface area contributed by atoms with Crippen LogP contribution in [0, 0.1) is 6.92 Å². The predicted octanol–water partition coefficient (Wildman–Crippen LogP) is 3.90. The second-order valence-corrected chi connectivity index (χ2v) is 7.19. The molecule has 30 heavy (non-hydrogen) atoms. The molecule has 2 N–H and O–H groups in total. The molecule has 0 atom stereocenters. The Labute approximate surface area is 176 Å². The van der Waals surface area contributed by atoms with Crippen LogP contribution in [0.5, 0.6) is 5.75 Å². The quantitative estimate of drug-likeness (QED) is 0.465. The van der Waals surface area contributed by atoms with Crippen molar-refractivity contribution in [1.82, 2.24) is 4.90 Å². The van der Waals surface area contributed by atoms with Crippen molar-refractivity contribution in [3.05, 3.63) is 33.9 Å². The number of hydrogen-bond acceptors (Lipinski definition) is 5. The highest BCUT2D eigenvalue weighted by Crippen LogP contribution is 2.41. The van der Waals surface area contributed by atoms with Crippen LogP contribution in [0.25, 0.3) is 0 Å². The van der Waals surface area contributed by atoms with Crippen LogP contribution in [0.4, 0.5) is 10.5 Å². The minimum atomic E-state index is -0.858. The molecule has 1 aliphatic rings. The summed E-state index contributed by atoms with van der Waals surface area (Å²) < 4.78 is 10.9. The Morgan fingerprint density at radius 1 is 1.27 bits per heavy atom. The number of rotatable bonds is 9. The number of carbonyl (C=O) groups excluding carboxylic acids is 2. The number of urea groups is 1. The number of carboxylic acid groups (broad SMARTS) is 1. The lowest BCUT2D eigenvalue weighted by molar-refractivity contribution is -0.136. The topological polar surface area (TPSA) is 105 Å². The summed E-state index contributed by atoms with van der Waals surface area (Å²) in [5.41, 5.74) is 3.84. The zero-order valence-electron chi connectivity index (χ0n) is 18.3. The molecule has 2 rings (SSSR count). The zero-order chi connectivity index (χ0) is 22.4. The summed E-state index contributed by atoms with van der Waals surface area (Å²) in [6.45, 7) is 8.68. The fourth-order valence-electron chi connectivity index (χ4n) is 3.57.